The molecule has 0 fully saturated rings. The van der Waals surface area contributed by atoms with Crippen molar-refractivity contribution in [2.75, 3.05) is 11.9 Å². The first-order valence-corrected chi connectivity index (χ1v) is 7.62. The molecule has 23 heavy (non-hydrogen) atoms. The van der Waals surface area contributed by atoms with Gasteiger partial charge in [-0.05, 0) is 30.7 Å². The third-order valence-corrected chi connectivity index (χ3v) is 3.40. The number of alkyl halides is 3. The van der Waals surface area contributed by atoms with Gasteiger partial charge in [-0.2, -0.15) is 13.2 Å². The number of hydrogen-bond acceptors (Lipinski definition) is 2. The van der Waals surface area contributed by atoms with E-state index in [0.717, 1.165) is 36.3 Å². The van der Waals surface area contributed by atoms with Gasteiger partial charge in [0.05, 0.1) is 12.2 Å². The summed E-state index contributed by atoms with van der Waals surface area (Å²) in [5.41, 5.74) is 0.694. The summed E-state index contributed by atoms with van der Waals surface area (Å²) in [5.74, 6) is 0.764. The molecule has 2 rings (SSSR count). The number of ether oxygens (including phenoxy) is 1. The molecule has 0 saturated heterocycles. The predicted octanol–water partition coefficient (Wildman–Crippen LogP) is 5.50. The fraction of sp³-hybridized carbons (Fsp3) is 0.333. The second-order valence-electron chi connectivity index (χ2n) is 5.24. The molecule has 0 aromatic heterocycles. The molecule has 0 amide bonds. The Morgan fingerprint density at radius 2 is 1.83 bits per heavy atom. The van der Waals surface area contributed by atoms with Gasteiger partial charge >= 0.3 is 6.18 Å². The summed E-state index contributed by atoms with van der Waals surface area (Å²) in [7, 11) is 0. The summed E-state index contributed by atoms with van der Waals surface area (Å²) in [4.78, 5) is 0. The Balaban J connectivity index is 2.03. The molecule has 1 N–H and O–H groups in total. The van der Waals surface area contributed by atoms with Crippen LogP contribution in [0.1, 0.15) is 30.9 Å². The number of halogens is 3. The lowest BCUT2D eigenvalue weighted by atomic mass is 10.1. The van der Waals surface area contributed by atoms with Crippen LogP contribution in [0, 0.1) is 0 Å². The molecular formula is C18H20F3NO. The number of anilines is 1. The van der Waals surface area contributed by atoms with E-state index < -0.39 is 11.7 Å². The molecule has 5 heteroatoms. The number of para-hydroxylation sites is 1. The first kappa shape index (κ1) is 17.2. The largest absolute Gasteiger partial charge is 0.493 e. The topological polar surface area (TPSA) is 21.3 Å². The van der Waals surface area contributed by atoms with Gasteiger partial charge in [0, 0.05) is 17.8 Å². The quantitative estimate of drug-likeness (QED) is 0.680. The van der Waals surface area contributed by atoms with E-state index in [9.17, 15) is 13.2 Å². The summed E-state index contributed by atoms with van der Waals surface area (Å²) < 4.78 is 43.9. The Bertz CT molecular complexity index is 626. The average Bonchev–Trinajstić information content (AvgIpc) is 2.54. The number of unbranched alkanes of at least 4 members (excludes halogenated alkanes) is 1. The van der Waals surface area contributed by atoms with Gasteiger partial charge in [0.1, 0.15) is 5.75 Å². The third-order valence-electron chi connectivity index (χ3n) is 3.40. The van der Waals surface area contributed by atoms with Crippen molar-refractivity contribution in [1.82, 2.24) is 0 Å². The van der Waals surface area contributed by atoms with Crippen molar-refractivity contribution in [3.63, 3.8) is 0 Å². The molecule has 0 aliphatic rings. The summed E-state index contributed by atoms with van der Waals surface area (Å²) in [6.45, 7) is 3.13. The van der Waals surface area contributed by atoms with Crippen LogP contribution in [0.5, 0.6) is 5.75 Å². The smallest absolute Gasteiger partial charge is 0.416 e. The highest BCUT2D eigenvalue weighted by atomic mass is 19.4. The van der Waals surface area contributed by atoms with E-state index in [4.69, 9.17) is 4.74 Å². The third kappa shape index (κ3) is 5.20. The molecule has 0 atom stereocenters. The van der Waals surface area contributed by atoms with E-state index in [2.05, 4.69) is 12.2 Å². The fourth-order valence-electron chi connectivity index (χ4n) is 2.12. The van der Waals surface area contributed by atoms with Crippen LogP contribution in [0.25, 0.3) is 0 Å². The van der Waals surface area contributed by atoms with E-state index in [1.165, 1.54) is 6.07 Å². The lowest BCUT2D eigenvalue weighted by molar-refractivity contribution is -0.137. The van der Waals surface area contributed by atoms with Crippen LogP contribution in [-0.2, 0) is 12.7 Å². The molecule has 124 valence electrons. The van der Waals surface area contributed by atoms with Crippen molar-refractivity contribution in [1.29, 1.82) is 0 Å². The molecule has 0 unspecified atom stereocenters. The SMILES string of the molecule is CCCCOc1ccccc1CNc1cccc(C(F)(F)F)c1. The second kappa shape index (κ2) is 7.90. The zero-order valence-electron chi connectivity index (χ0n) is 13.0. The van der Waals surface area contributed by atoms with E-state index in [0.29, 0.717) is 18.8 Å². The van der Waals surface area contributed by atoms with E-state index >= 15 is 0 Å². The van der Waals surface area contributed by atoms with Crippen LogP contribution in [0.3, 0.4) is 0 Å². The summed E-state index contributed by atoms with van der Waals surface area (Å²) in [6.07, 6.45) is -2.32. The van der Waals surface area contributed by atoms with Crippen LogP contribution in [-0.4, -0.2) is 6.61 Å². The van der Waals surface area contributed by atoms with Gasteiger partial charge < -0.3 is 10.1 Å². The molecule has 0 saturated carbocycles. The van der Waals surface area contributed by atoms with E-state index in [1.54, 1.807) is 6.07 Å². The first-order chi connectivity index (χ1) is 11.0. The molecular weight excluding hydrogens is 303 g/mol. The maximum atomic E-state index is 12.7. The van der Waals surface area contributed by atoms with Crippen molar-refractivity contribution >= 4 is 5.69 Å². The Kier molecular flexibility index (Phi) is 5.90. The molecule has 2 aromatic rings. The van der Waals surface area contributed by atoms with Crippen LogP contribution in [0.15, 0.2) is 48.5 Å². The Labute approximate surface area is 134 Å². The van der Waals surface area contributed by atoms with Gasteiger partial charge in [0.2, 0.25) is 0 Å². The van der Waals surface area contributed by atoms with Gasteiger partial charge in [-0.3, -0.25) is 0 Å². The van der Waals surface area contributed by atoms with Crippen molar-refractivity contribution in [3.05, 3.63) is 59.7 Å². The predicted molar refractivity (Wildman–Crippen MR) is 85.6 cm³/mol. The summed E-state index contributed by atoms with van der Waals surface area (Å²) in [5, 5.41) is 3.02. The first-order valence-electron chi connectivity index (χ1n) is 7.62. The zero-order chi connectivity index (χ0) is 16.7. The van der Waals surface area contributed by atoms with E-state index in [-0.39, 0.29) is 0 Å². The van der Waals surface area contributed by atoms with Crippen molar-refractivity contribution in [3.8, 4) is 5.75 Å². The van der Waals surface area contributed by atoms with Gasteiger partial charge in [0.15, 0.2) is 0 Å². The zero-order valence-corrected chi connectivity index (χ0v) is 13.0. The second-order valence-corrected chi connectivity index (χ2v) is 5.24. The average molecular weight is 323 g/mol. The van der Waals surface area contributed by atoms with Gasteiger partial charge in [-0.15, -0.1) is 0 Å². The Morgan fingerprint density at radius 1 is 1.04 bits per heavy atom. The Hall–Kier alpha value is -2.17. The molecule has 0 heterocycles. The monoisotopic (exact) mass is 323 g/mol. The maximum absolute atomic E-state index is 12.7. The van der Waals surface area contributed by atoms with Crippen LogP contribution >= 0.6 is 0 Å². The fourth-order valence-corrected chi connectivity index (χ4v) is 2.12. The number of rotatable bonds is 7. The molecule has 0 bridgehead atoms. The lowest BCUT2D eigenvalue weighted by Gasteiger charge is -2.14. The highest BCUT2D eigenvalue weighted by molar-refractivity contribution is 5.48. The van der Waals surface area contributed by atoms with Crippen molar-refractivity contribution < 1.29 is 17.9 Å². The van der Waals surface area contributed by atoms with Crippen LogP contribution in [0.2, 0.25) is 0 Å². The standard InChI is InChI=1S/C18H20F3NO/c1-2-3-11-23-17-10-5-4-7-14(17)13-22-16-9-6-8-15(12-16)18(19,20)21/h4-10,12,22H,2-3,11,13H2,1H3. The van der Waals surface area contributed by atoms with Gasteiger partial charge in [0.25, 0.3) is 0 Å². The molecule has 2 nitrogen and oxygen atoms in total. The summed E-state index contributed by atoms with van der Waals surface area (Å²) in [6, 6.07) is 12.7. The molecule has 0 spiro atoms. The minimum Gasteiger partial charge on any atom is -0.493 e. The summed E-state index contributed by atoms with van der Waals surface area (Å²) >= 11 is 0. The minimum atomic E-state index is -4.33. The van der Waals surface area contributed by atoms with Crippen molar-refractivity contribution in [2.45, 2.75) is 32.5 Å². The minimum absolute atomic E-state index is 0.406. The van der Waals surface area contributed by atoms with Gasteiger partial charge in [-0.25, -0.2) is 0 Å². The molecule has 0 aliphatic carbocycles. The van der Waals surface area contributed by atoms with Crippen molar-refractivity contribution in [2.24, 2.45) is 0 Å². The molecule has 2 aromatic carbocycles. The molecule has 0 aliphatic heterocycles. The maximum Gasteiger partial charge on any atom is 0.416 e. The Morgan fingerprint density at radius 3 is 2.57 bits per heavy atom. The molecule has 0 radical (unpaired) electrons. The van der Waals surface area contributed by atoms with Crippen LogP contribution in [0.4, 0.5) is 18.9 Å². The number of nitrogens with one attached hydrogen (secondary N) is 1. The normalized spacial score (nSPS) is 11.3. The highest BCUT2D eigenvalue weighted by Gasteiger charge is 2.30. The number of benzene rings is 2. The lowest BCUT2D eigenvalue weighted by Crippen LogP contribution is -2.07. The van der Waals surface area contributed by atoms with Crippen LogP contribution < -0.4 is 10.1 Å². The highest BCUT2D eigenvalue weighted by Crippen LogP contribution is 2.31. The van der Waals surface area contributed by atoms with Gasteiger partial charge in [-0.1, -0.05) is 37.6 Å². The van der Waals surface area contributed by atoms with E-state index in [1.807, 2.05) is 24.3 Å². The number of hydrogen-bond donors (Lipinski definition) is 1.